The minimum absolute atomic E-state index is 0.126. The molecule has 1 fully saturated rings. The van der Waals surface area contributed by atoms with Gasteiger partial charge in [0, 0.05) is 18.2 Å². The first kappa shape index (κ1) is 27.4. The average Bonchev–Trinajstić information content (AvgIpc) is 3.34. The summed E-state index contributed by atoms with van der Waals surface area (Å²) in [6.07, 6.45) is -0.468. The van der Waals surface area contributed by atoms with Crippen LogP contribution in [0.25, 0.3) is 0 Å². The highest BCUT2D eigenvalue weighted by Crippen LogP contribution is 2.31. The number of aliphatic hydroxyl groups excluding tert-OH is 1. The van der Waals surface area contributed by atoms with Gasteiger partial charge in [-0.05, 0) is 35.7 Å². The number of hydrogen-bond donors (Lipinski definition) is 2. The number of aromatic nitrogens is 2. The van der Waals surface area contributed by atoms with Gasteiger partial charge in [0.25, 0.3) is 5.56 Å². The van der Waals surface area contributed by atoms with Gasteiger partial charge < -0.3 is 24.1 Å². The fraction of sp³-hybridized carbons (Fsp3) is 0.290. The first-order valence-electron chi connectivity index (χ1n) is 13.2. The molecule has 3 atom stereocenters. The molecule has 1 aliphatic heterocycles. The maximum atomic E-state index is 12.2. The molecule has 2 N–H and O–H groups in total. The molecule has 208 valence electrons. The lowest BCUT2D eigenvalue weighted by Crippen LogP contribution is -2.33. The summed E-state index contributed by atoms with van der Waals surface area (Å²) in [6.45, 7) is 2.79. The van der Waals surface area contributed by atoms with E-state index < -0.39 is 29.7 Å². The van der Waals surface area contributed by atoms with Crippen LogP contribution in [0.3, 0.4) is 0 Å². The van der Waals surface area contributed by atoms with Crippen LogP contribution in [0.15, 0.2) is 94.6 Å². The van der Waals surface area contributed by atoms with Gasteiger partial charge >= 0.3 is 5.69 Å². The molecule has 0 unspecified atom stereocenters. The molecule has 0 aliphatic carbocycles. The van der Waals surface area contributed by atoms with Gasteiger partial charge in [0.2, 0.25) is 0 Å². The van der Waals surface area contributed by atoms with Crippen LogP contribution in [0.2, 0.25) is 0 Å². The second kappa shape index (κ2) is 12.8. The van der Waals surface area contributed by atoms with Crippen LogP contribution in [0.4, 0.5) is 0 Å². The van der Waals surface area contributed by atoms with Gasteiger partial charge in [-0.2, -0.15) is 0 Å². The van der Waals surface area contributed by atoms with Crippen molar-refractivity contribution in [3.63, 3.8) is 0 Å². The molecule has 3 aromatic carbocycles. The van der Waals surface area contributed by atoms with E-state index in [0.717, 1.165) is 16.7 Å². The molecule has 9 heteroatoms. The third kappa shape index (κ3) is 6.87. The van der Waals surface area contributed by atoms with Crippen molar-refractivity contribution in [3.05, 3.63) is 128 Å². The maximum absolute atomic E-state index is 12.2. The predicted octanol–water partition coefficient (Wildman–Crippen LogP) is 3.87. The summed E-state index contributed by atoms with van der Waals surface area (Å²) in [7, 11) is 0. The first-order chi connectivity index (χ1) is 19.5. The lowest BCUT2D eigenvalue weighted by Gasteiger charge is -2.17. The zero-order valence-corrected chi connectivity index (χ0v) is 22.2. The van der Waals surface area contributed by atoms with E-state index in [1.807, 2.05) is 78.9 Å². The van der Waals surface area contributed by atoms with E-state index >= 15 is 0 Å². The van der Waals surface area contributed by atoms with Crippen molar-refractivity contribution in [2.24, 2.45) is 0 Å². The molecule has 1 saturated heterocycles. The Morgan fingerprint density at radius 3 is 2.20 bits per heavy atom. The highest BCUT2D eigenvalue weighted by molar-refractivity contribution is 5.43. The largest absolute Gasteiger partial charge is 0.485 e. The van der Waals surface area contributed by atoms with E-state index in [1.165, 1.54) is 10.8 Å². The van der Waals surface area contributed by atoms with Gasteiger partial charge in [-0.3, -0.25) is 14.3 Å². The summed E-state index contributed by atoms with van der Waals surface area (Å²) < 4.78 is 25.3. The highest BCUT2D eigenvalue weighted by atomic mass is 16.6. The summed E-state index contributed by atoms with van der Waals surface area (Å²) in [4.78, 5) is 26.2. The van der Waals surface area contributed by atoms with Crippen LogP contribution < -0.4 is 20.7 Å². The fourth-order valence-electron chi connectivity index (χ4n) is 4.47. The monoisotopic (exact) mass is 544 g/mol. The number of benzene rings is 3. The van der Waals surface area contributed by atoms with Crippen LogP contribution in [0.5, 0.6) is 11.5 Å². The Morgan fingerprint density at radius 1 is 0.875 bits per heavy atom. The molecule has 5 rings (SSSR count). The van der Waals surface area contributed by atoms with Gasteiger partial charge in [0.05, 0.1) is 19.3 Å². The SMILES string of the molecule is Cc1cn([C@H]2C[C@H](O)[C@@H](COCc3ccc(OCc4ccccc4)c(OCc4ccccc4)c3)O2)c(=O)[nH]c1=O. The second-order valence-electron chi connectivity index (χ2n) is 9.76. The number of rotatable bonds is 11. The minimum atomic E-state index is -0.817. The van der Waals surface area contributed by atoms with Gasteiger partial charge in [0.1, 0.15) is 25.5 Å². The summed E-state index contributed by atoms with van der Waals surface area (Å²) in [6, 6.07) is 25.5. The quantitative estimate of drug-likeness (QED) is 0.295. The number of aryl methyl sites for hydroxylation is 1. The minimum Gasteiger partial charge on any atom is -0.485 e. The van der Waals surface area contributed by atoms with Crippen LogP contribution >= 0.6 is 0 Å². The predicted molar refractivity (Wildman–Crippen MR) is 148 cm³/mol. The van der Waals surface area contributed by atoms with E-state index in [0.29, 0.717) is 30.3 Å². The third-order valence-corrected chi connectivity index (χ3v) is 6.69. The molecule has 0 bridgehead atoms. The number of nitrogens with zero attached hydrogens (tertiary/aromatic N) is 1. The molecule has 0 amide bonds. The average molecular weight is 545 g/mol. The molecule has 1 aliphatic rings. The van der Waals surface area contributed by atoms with E-state index in [9.17, 15) is 14.7 Å². The van der Waals surface area contributed by atoms with Crippen molar-refractivity contribution in [2.75, 3.05) is 6.61 Å². The fourth-order valence-corrected chi connectivity index (χ4v) is 4.47. The molecule has 2 heterocycles. The Kier molecular flexibility index (Phi) is 8.75. The number of aliphatic hydroxyl groups is 1. The van der Waals surface area contributed by atoms with E-state index in [1.54, 1.807) is 6.92 Å². The number of ether oxygens (including phenoxy) is 4. The van der Waals surface area contributed by atoms with Gasteiger partial charge in [-0.15, -0.1) is 0 Å². The lowest BCUT2D eigenvalue weighted by molar-refractivity contribution is -0.0668. The summed E-state index contributed by atoms with van der Waals surface area (Å²) >= 11 is 0. The molecule has 0 saturated carbocycles. The molecule has 0 radical (unpaired) electrons. The normalized spacial score (nSPS) is 18.5. The Bertz CT molecular complexity index is 1520. The van der Waals surface area contributed by atoms with E-state index in [4.69, 9.17) is 18.9 Å². The van der Waals surface area contributed by atoms with E-state index in [-0.39, 0.29) is 19.6 Å². The Morgan fingerprint density at radius 2 is 1.52 bits per heavy atom. The zero-order chi connectivity index (χ0) is 27.9. The van der Waals surface area contributed by atoms with Crippen LogP contribution in [-0.4, -0.2) is 33.5 Å². The van der Waals surface area contributed by atoms with Crippen molar-refractivity contribution in [3.8, 4) is 11.5 Å². The number of aromatic amines is 1. The highest BCUT2D eigenvalue weighted by Gasteiger charge is 2.35. The van der Waals surface area contributed by atoms with Crippen molar-refractivity contribution in [1.29, 1.82) is 0 Å². The Hall–Kier alpha value is -4.18. The van der Waals surface area contributed by atoms with Gasteiger partial charge in [-0.25, -0.2) is 4.79 Å². The first-order valence-corrected chi connectivity index (χ1v) is 13.2. The number of H-pyrrole nitrogens is 1. The standard InChI is InChI=1S/C31H32N2O7/c1-21-16-33(31(36)32-30(21)35)29-15-25(34)28(40-29)20-37-17-24-12-13-26(38-18-22-8-4-2-5-9-22)27(14-24)39-19-23-10-6-3-7-11-23/h2-14,16,25,28-29,34H,15,17-20H2,1H3,(H,32,35,36)/t25-,28+,29+/m0/s1. The van der Waals surface area contributed by atoms with Crippen molar-refractivity contribution in [2.45, 2.75) is 51.6 Å². The zero-order valence-electron chi connectivity index (χ0n) is 22.2. The molecule has 40 heavy (non-hydrogen) atoms. The number of nitrogens with one attached hydrogen (secondary N) is 1. The molecular weight excluding hydrogens is 512 g/mol. The van der Waals surface area contributed by atoms with E-state index in [2.05, 4.69) is 4.98 Å². The Labute approximate surface area is 231 Å². The summed E-state index contributed by atoms with van der Waals surface area (Å²) in [5.41, 5.74) is 2.33. The molecular formula is C31H32N2O7. The van der Waals surface area contributed by atoms with Gasteiger partial charge in [-0.1, -0.05) is 66.7 Å². The smallest absolute Gasteiger partial charge is 0.330 e. The van der Waals surface area contributed by atoms with Crippen LogP contribution in [0, 0.1) is 6.92 Å². The Balaban J connectivity index is 1.22. The summed E-state index contributed by atoms with van der Waals surface area (Å²) in [5, 5.41) is 10.5. The topological polar surface area (TPSA) is 112 Å². The van der Waals surface area contributed by atoms with Crippen molar-refractivity contribution in [1.82, 2.24) is 9.55 Å². The van der Waals surface area contributed by atoms with Crippen LogP contribution in [-0.2, 0) is 29.3 Å². The maximum Gasteiger partial charge on any atom is 0.330 e. The summed E-state index contributed by atoms with van der Waals surface area (Å²) in [5.74, 6) is 1.23. The van der Waals surface area contributed by atoms with Crippen molar-refractivity contribution < 1.29 is 24.1 Å². The second-order valence-corrected chi connectivity index (χ2v) is 9.76. The molecule has 9 nitrogen and oxygen atoms in total. The molecule has 0 spiro atoms. The van der Waals surface area contributed by atoms with Crippen molar-refractivity contribution >= 4 is 0 Å². The molecule has 4 aromatic rings. The van der Waals surface area contributed by atoms with Crippen LogP contribution in [0.1, 0.15) is 34.9 Å². The third-order valence-electron chi connectivity index (χ3n) is 6.69. The molecule has 1 aromatic heterocycles. The number of hydrogen-bond acceptors (Lipinski definition) is 7. The lowest BCUT2D eigenvalue weighted by atomic mass is 10.2. The van der Waals surface area contributed by atoms with Gasteiger partial charge in [0.15, 0.2) is 11.5 Å².